The highest BCUT2D eigenvalue weighted by molar-refractivity contribution is 5.91. The molecule has 5 N–H and O–H groups in total. The molecule has 0 bridgehead atoms. The van der Waals surface area contributed by atoms with Gasteiger partial charge in [0.2, 0.25) is 5.91 Å². The minimum atomic E-state index is -1.57. The maximum Gasteiger partial charge on any atom is 0.326 e. The number of aromatic amines is 1. The number of nitro benzene ring substituents is 1. The molecule has 0 unspecified atom stereocenters. The number of carboxylic acid groups (broad SMARTS) is 2. The van der Waals surface area contributed by atoms with Crippen molar-refractivity contribution in [3.8, 4) is 0 Å². The molecule has 170 valence electrons. The van der Waals surface area contributed by atoms with Crippen LogP contribution in [0.15, 0.2) is 48.5 Å². The SMILES string of the molecule is O=C(O)C[C@H](NC(=O)[C@@H]1Cc2c([nH]c3ccccc23)[C@H](c2ccc([N+](=O)[O-])cc2)N1)C(=O)O. The van der Waals surface area contributed by atoms with Gasteiger partial charge in [0.15, 0.2) is 0 Å². The fraction of sp³-hybridized carbons (Fsp3) is 0.227. The standard InChI is InChI=1S/C22H20N4O7/c27-18(28)10-17(22(30)31)25-21(29)16-9-14-13-3-1-2-4-15(13)23-20(14)19(24-16)11-5-7-12(8-6-11)26(32)33/h1-8,16-17,19,23-24H,9-10H2,(H,25,29)(H,27,28)(H,30,31)/t16-,17-,19-/m0/s1. The van der Waals surface area contributed by atoms with E-state index >= 15 is 0 Å². The van der Waals surface area contributed by atoms with E-state index in [4.69, 9.17) is 5.11 Å². The minimum absolute atomic E-state index is 0.0707. The molecule has 2 aromatic carbocycles. The first kappa shape index (κ1) is 22.0. The Morgan fingerprint density at radius 2 is 1.82 bits per heavy atom. The predicted molar refractivity (Wildman–Crippen MR) is 116 cm³/mol. The van der Waals surface area contributed by atoms with Crippen molar-refractivity contribution in [2.75, 3.05) is 0 Å². The number of fused-ring (bicyclic) bond motifs is 3. The van der Waals surface area contributed by atoms with Gasteiger partial charge in [0, 0.05) is 28.7 Å². The average molecular weight is 452 g/mol. The molecule has 1 aliphatic rings. The number of carbonyl (C=O) groups is 3. The van der Waals surface area contributed by atoms with Crippen molar-refractivity contribution in [2.45, 2.75) is 31.0 Å². The van der Waals surface area contributed by atoms with Crippen LogP contribution < -0.4 is 10.6 Å². The van der Waals surface area contributed by atoms with Gasteiger partial charge >= 0.3 is 11.9 Å². The zero-order valence-electron chi connectivity index (χ0n) is 17.1. The van der Waals surface area contributed by atoms with Gasteiger partial charge < -0.3 is 20.5 Å². The fourth-order valence-corrected chi connectivity index (χ4v) is 4.10. The smallest absolute Gasteiger partial charge is 0.326 e. The van der Waals surface area contributed by atoms with Crippen molar-refractivity contribution in [1.82, 2.24) is 15.6 Å². The minimum Gasteiger partial charge on any atom is -0.481 e. The molecule has 4 rings (SSSR count). The van der Waals surface area contributed by atoms with Crippen LogP contribution in [0.5, 0.6) is 0 Å². The number of rotatable bonds is 7. The van der Waals surface area contributed by atoms with E-state index in [0.717, 1.165) is 22.2 Å². The number of nitrogens with zero attached hydrogens (tertiary/aromatic N) is 1. The second kappa shape index (κ2) is 8.71. The zero-order valence-corrected chi connectivity index (χ0v) is 17.1. The molecule has 2 heterocycles. The Kier molecular flexibility index (Phi) is 5.80. The van der Waals surface area contributed by atoms with Crippen LogP contribution in [0.25, 0.3) is 10.9 Å². The number of carboxylic acids is 2. The lowest BCUT2D eigenvalue weighted by molar-refractivity contribution is -0.384. The normalized spacial score (nSPS) is 18.3. The molecule has 0 aliphatic carbocycles. The van der Waals surface area contributed by atoms with Crippen LogP contribution in [0.3, 0.4) is 0 Å². The van der Waals surface area contributed by atoms with E-state index in [1.54, 1.807) is 12.1 Å². The van der Waals surface area contributed by atoms with Crippen LogP contribution >= 0.6 is 0 Å². The van der Waals surface area contributed by atoms with E-state index in [1.165, 1.54) is 12.1 Å². The molecule has 11 heteroatoms. The molecule has 0 saturated carbocycles. The number of amides is 1. The van der Waals surface area contributed by atoms with E-state index < -0.39 is 47.3 Å². The predicted octanol–water partition coefficient (Wildman–Crippen LogP) is 1.72. The van der Waals surface area contributed by atoms with E-state index in [9.17, 15) is 29.6 Å². The second-order valence-corrected chi connectivity index (χ2v) is 7.77. The Hall–Kier alpha value is -4.25. The number of non-ortho nitro benzene ring substituents is 1. The van der Waals surface area contributed by atoms with Gasteiger partial charge in [-0.1, -0.05) is 30.3 Å². The Bertz CT molecular complexity index is 1250. The van der Waals surface area contributed by atoms with Gasteiger partial charge in [-0.15, -0.1) is 0 Å². The molecule has 11 nitrogen and oxygen atoms in total. The lowest BCUT2D eigenvalue weighted by atomic mass is 9.89. The first-order valence-electron chi connectivity index (χ1n) is 10.1. The first-order chi connectivity index (χ1) is 15.7. The summed E-state index contributed by atoms with van der Waals surface area (Å²) in [4.78, 5) is 49.2. The van der Waals surface area contributed by atoms with E-state index in [2.05, 4.69) is 15.6 Å². The Morgan fingerprint density at radius 3 is 2.45 bits per heavy atom. The number of hydrogen-bond acceptors (Lipinski definition) is 6. The topological polar surface area (TPSA) is 175 Å². The van der Waals surface area contributed by atoms with Crippen LogP contribution in [0.1, 0.15) is 29.3 Å². The second-order valence-electron chi connectivity index (χ2n) is 7.77. The molecule has 1 aromatic heterocycles. The number of aromatic nitrogens is 1. The lowest BCUT2D eigenvalue weighted by Crippen LogP contribution is -2.54. The fourth-order valence-electron chi connectivity index (χ4n) is 4.10. The number of H-pyrrole nitrogens is 1. The largest absolute Gasteiger partial charge is 0.481 e. The summed E-state index contributed by atoms with van der Waals surface area (Å²) >= 11 is 0. The van der Waals surface area contributed by atoms with Crippen LogP contribution in [0, 0.1) is 10.1 Å². The maximum atomic E-state index is 13.0. The molecule has 3 aromatic rings. The Balaban J connectivity index is 1.70. The summed E-state index contributed by atoms with van der Waals surface area (Å²) < 4.78 is 0. The number of carbonyl (C=O) groups excluding carboxylic acids is 1. The zero-order chi connectivity index (χ0) is 23.7. The summed E-state index contributed by atoms with van der Waals surface area (Å²) in [6, 6.07) is 10.5. The van der Waals surface area contributed by atoms with Gasteiger partial charge in [0.1, 0.15) is 6.04 Å². The summed E-state index contributed by atoms with van der Waals surface area (Å²) in [5.41, 5.74) is 3.11. The van der Waals surface area contributed by atoms with Crippen LogP contribution in [-0.4, -0.2) is 50.0 Å². The molecule has 1 amide bonds. The van der Waals surface area contributed by atoms with Gasteiger partial charge in [-0.3, -0.25) is 25.0 Å². The summed E-state index contributed by atoms with van der Waals surface area (Å²) in [6.45, 7) is 0. The molecule has 1 aliphatic heterocycles. The van der Waals surface area contributed by atoms with Crippen molar-refractivity contribution >= 4 is 34.4 Å². The van der Waals surface area contributed by atoms with Gasteiger partial charge in [-0.05, 0) is 23.6 Å². The molecular formula is C22H20N4O7. The van der Waals surface area contributed by atoms with E-state index in [1.807, 2.05) is 24.3 Å². The average Bonchev–Trinajstić information content (AvgIpc) is 3.16. The lowest BCUT2D eigenvalue weighted by Gasteiger charge is -2.31. The van der Waals surface area contributed by atoms with Crippen molar-refractivity contribution < 1.29 is 29.5 Å². The highest BCUT2D eigenvalue weighted by atomic mass is 16.6. The molecule has 0 saturated heterocycles. The monoisotopic (exact) mass is 452 g/mol. The van der Waals surface area contributed by atoms with E-state index in [-0.39, 0.29) is 12.1 Å². The summed E-state index contributed by atoms with van der Waals surface area (Å²) in [7, 11) is 0. The van der Waals surface area contributed by atoms with Crippen LogP contribution in [0.4, 0.5) is 5.69 Å². The van der Waals surface area contributed by atoms with E-state index in [0.29, 0.717) is 5.56 Å². The maximum absolute atomic E-state index is 13.0. The highest BCUT2D eigenvalue weighted by Crippen LogP contribution is 2.35. The van der Waals surface area contributed by atoms with Crippen molar-refractivity contribution in [2.24, 2.45) is 0 Å². The molecule has 0 radical (unpaired) electrons. The molecular weight excluding hydrogens is 432 g/mol. The number of para-hydroxylation sites is 1. The quantitative estimate of drug-likeness (QED) is 0.266. The van der Waals surface area contributed by atoms with Gasteiger partial charge in [0.05, 0.1) is 23.4 Å². The number of nitrogens with one attached hydrogen (secondary N) is 3. The van der Waals surface area contributed by atoms with Crippen LogP contribution in [0.2, 0.25) is 0 Å². The Labute approximate surface area is 186 Å². The highest BCUT2D eigenvalue weighted by Gasteiger charge is 2.35. The third-order valence-electron chi connectivity index (χ3n) is 5.66. The molecule has 33 heavy (non-hydrogen) atoms. The van der Waals surface area contributed by atoms with Crippen LogP contribution in [-0.2, 0) is 20.8 Å². The van der Waals surface area contributed by atoms with Crippen molar-refractivity contribution in [3.05, 3.63) is 75.5 Å². The van der Waals surface area contributed by atoms with Gasteiger partial charge in [-0.2, -0.15) is 0 Å². The summed E-state index contributed by atoms with van der Waals surface area (Å²) in [6.07, 6.45) is -0.508. The van der Waals surface area contributed by atoms with Gasteiger partial charge in [0.25, 0.3) is 5.69 Å². The number of aliphatic carboxylic acids is 2. The number of benzene rings is 2. The number of nitro groups is 1. The number of hydrogen-bond donors (Lipinski definition) is 5. The van der Waals surface area contributed by atoms with Crippen molar-refractivity contribution in [1.29, 1.82) is 0 Å². The molecule has 3 atom stereocenters. The third kappa shape index (κ3) is 4.39. The molecule has 0 spiro atoms. The van der Waals surface area contributed by atoms with Crippen molar-refractivity contribution in [3.63, 3.8) is 0 Å². The summed E-state index contributed by atoms with van der Waals surface area (Å²) in [5.74, 6) is -3.44. The first-order valence-corrected chi connectivity index (χ1v) is 10.1. The Morgan fingerprint density at radius 1 is 1.12 bits per heavy atom. The third-order valence-corrected chi connectivity index (χ3v) is 5.66. The van der Waals surface area contributed by atoms with Gasteiger partial charge in [-0.25, -0.2) is 4.79 Å². The molecule has 0 fully saturated rings. The summed E-state index contributed by atoms with van der Waals surface area (Å²) in [5, 5.41) is 35.6.